The second kappa shape index (κ2) is 5.05. The first-order valence-electron chi connectivity index (χ1n) is 3.90. The van der Waals surface area contributed by atoms with Gasteiger partial charge in [-0.2, -0.15) is 0 Å². The third kappa shape index (κ3) is 9.12. The Morgan fingerprint density at radius 1 is 1.36 bits per heavy atom. The van der Waals surface area contributed by atoms with Crippen LogP contribution >= 0.6 is 20.3 Å². The van der Waals surface area contributed by atoms with Crippen LogP contribution < -0.4 is 0 Å². The molecule has 70 valence electrons. The molecule has 0 aliphatic rings. The zero-order valence-corrected chi connectivity index (χ0v) is 11.7. The van der Waals surface area contributed by atoms with Crippen LogP contribution in [0.4, 0.5) is 0 Å². The first-order valence-corrected chi connectivity index (χ1v) is 13.8. The van der Waals surface area contributed by atoms with Gasteiger partial charge >= 0.3 is 84.3 Å². The molecule has 0 aliphatic heterocycles. The number of halogens is 1. The number of aliphatic hydroxyl groups is 1. The average molecular weight is 337 g/mol. The Morgan fingerprint density at radius 2 is 1.82 bits per heavy atom. The molecule has 1 N–H and O–H groups in total. The molecule has 11 heavy (non-hydrogen) atoms. The van der Waals surface area contributed by atoms with Gasteiger partial charge in [0.2, 0.25) is 0 Å². The molecule has 0 amide bonds. The van der Waals surface area contributed by atoms with Gasteiger partial charge in [-0.3, -0.25) is 0 Å². The first-order chi connectivity index (χ1) is 4.81. The zero-order chi connectivity index (χ0) is 9.07. The fourth-order valence-electron chi connectivity index (χ4n) is 1.33. The summed E-state index contributed by atoms with van der Waals surface area (Å²) in [5.41, 5.74) is 0. The minimum atomic E-state index is -1.09. The van der Waals surface area contributed by atoms with E-state index in [1.165, 1.54) is 5.32 Å². The Morgan fingerprint density at radius 3 is 2.09 bits per heavy atom. The molecule has 0 rings (SSSR count). The molecule has 0 saturated carbocycles. The van der Waals surface area contributed by atoms with E-state index in [1.807, 2.05) is 6.92 Å². The van der Waals surface area contributed by atoms with Gasteiger partial charge in [0.05, 0.1) is 0 Å². The van der Waals surface area contributed by atoms with Crippen molar-refractivity contribution in [3.05, 3.63) is 0 Å². The van der Waals surface area contributed by atoms with Crippen LogP contribution in [-0.2, 0) is 0 Å². The third-order valence-corrected chi connectivity index (χ3v) is 6.15. The van der Waals surface area contributed by atoms with Gasteiger partial charge in [0, 0.05) is 0 Å². The summed E-state index contributed by atoms with van der Waals surface area (Å²) in [5, 5.41) is 10.5. The van der Waals surface area contributed by atoms with Crippen molar-refractivity contribution in [2.45, 2.75) is 43.3 Å². The normalized spacial score (nSPS) is 19.5. The van der Waals surface area contributed by atoms with Gasteiger partial charge in [-0.05, 0) is 0 Å². The van der Waals surface area contributed by atoms with Crippen LogP contribution in [0.25, 0.3) is 0 Å². The van der Waals surface area contributed by atoms with Crippen LogP contribution in [0.5, 0.6) is 0 Å². The molecule has 3 heteroatoms. The Hall–Kier alpha value is 1.21. The summed E-state index contributed by atoms with van der Waals surface area (Å²) in [5.74, 6) is 5.47. The molecule has 0 aromatic heterocycles. The quantitative estimate of drug-likeness (QED) is 0.618. The predicted octanol–water partition coefficient (Wildman–Crippen LogP) is 3.03. The van der Waals surface area contributed by atoms with Gasteiger partial charge in [0.15, 0.2) is 0 Å². The van der Waals surface area contributed by atoms with E-state index in [9.17, 15) is 0 Å². The van der Waals surface area contributed by atoms with Crippen molar-refractivity contribution >= 4 is 29.9 Å². The molecule has 0 spiro atoms. The maximum atomic E-state index is 9.13. The molecule has 2 atom stereocenters. The molecule has 0 radical (unpaired) electrons. The molecule has 0 aromatic carbocycles. The summed E-state index contributed by atoms with van der Waals surface area (Å²) in [4.78, 5) is 0. The van der Waals surface area contributed by atoms with Crippen LogP contribution in [0, 0.1) is 5.92 Å². The Balaban J connectivity index is 3.61. The van der Waals surface area contributed by atoms with Crippen molar-refractivity contribution in [1.82, 2.24) is 0 Å². The van der Waals surface area contributed by atoms with Gasteiger partial charge in [-0.15, -0.1) is 0 Å². The molecular weight excluding hydrogens is 318 g/mol. The second-order valence-electron chi connectivity index (χ2n) is 3.76. The van der Waals surface area contributed by atoms with Crippen molar-refractivity contribution in [3.8, 4) is 0 Å². The van der Waals surface area contributed by atoms with Crippen LogP contribution in [0.15, 0.2) is 0 Å². The summed E-state index contributed by atoms with van der Waals surface area (Å²) in [7, 11) is -1.09. The SMILES string of the molecule is CC(O)CC(C)C[Se](C)(C)I. The van der Waals surface area contributed by atoms with Gasteiger partial charge in [0.1, 0.15) is 0 Å². The van der Waals surface area contributed by atoms with E-state index in [-0.39, 0.29) is 6.10 Å². The molecule has 0 aliphatic carbocycles. The van der Waals surface area contributed by atoms with Gasteiger partial charge in [0.25, 0.3) is 0 Å². The van der Waals surface area contributed by atoms with Gasteiger partial charge < -0.3 is 0 Å². The van der Waals surface area contributed by atoms with Crippen molar-refractivity contribution in [3.63, 3.8) is 0 Å². The van der Waals surface area contributed by atoms with Crippen molar-refractivity contribution in [1.29, 1.82) is 0 Å². The number of rotatable bonds is 4. The topological polar surface area (TPSA) is 20.2 Å². The van der Waals surface area contributed by atoms with Crippen LogP contribution in [-0.4, -0.2) is 20.8 Å². The van der Waals surface area contributed by atoms with E-state index in [4.69, 9.17) is 5.11 Å². The Bertz CT molecular complexity index is 109. The summed E-state index contributed by atoms with van der Waals surface area (Å²) in [6.07, 6.45) is 0.838. The summed E-state index contributed by atoms with van der Waals surface area (Å²) >= 11 is 2.61. The summed E-state index contributed by atoms with van der Waals surface area (Å²) in [6, 6.07) is 0. The second-order valence-corrected chi connectivity index (χ2v) is 22.7. The molecule has 0 fully saturated rings. The van der Waals surface area contributed by atoms with E-state index in [1.54, 1.807) is 0 Å². The molecule has 0 bridgehead atoms. The maximum absolute atomic E-state index is 9.13. The van der Waals surface area contributed by atoms with Crippen LogP contribution in [0.1, 0.15) is 20.3 Å². The molecule has 1 nitrogen and oxygen atoms in total. The van der Waals surface area contributed by atoms with E-state index in [0.29, 0.717) is 5.92 Å². The van der Waals surface area contributed by atoms with Crippen LogP contribution in [0.3, 0.4) is 0 Å². The molecule has 2 unspecified atom stereocenters. The zero-order valence-electron chi connectivity index (χ0n) is 7.80. The Labute approximate surface area is 83.9 Å². The van der Waals surface area contributed by atoms with Gasteiger partial charge in [-0.25, -0.2) is 0 Å². The van der Waals surface area contributed by atoms with Crippen LogP contribution in [0.2, 0.25) is 17.0 Å². The molecule has 0 saturated heterocycles. The van der Waals surface area contributed by atoms with Crippen molar-refractivity contribution in [2.24, 2.45) is 5.92 Å². The monoisotopic (exact) mass is 338 g/mol. The summed E-state index contributed by atoms with van der Waals surface area (Å²) in [6.45, 7) is 4.12. The van der Waals surface area contributed by atoms with Gasteiger partial charge in [-0.1, -0.05) is 0 Å². The molecule has 0 aromatic rings. The molecular formula is C8H19IOSe. The number of hydrogen-bond donors (Lipinski definition) is 1. The minimum absolute atomic E-state index is 0.124. The summed E-state index contributed by atoms with van der Waals surface area (Å²) < 4.78 is 0. The fraction of sp³-hybridized carbons (Fsp3) is 1.00. The average Bonchev–Trinajstić information content (AvgIpc) is 1.53. The van der Waals surface area contributed by atoms with E-state index < -0.39 is 9.60 Å². The standard InChI is InChI=1S/C8H19IOSe/c1-7(5-8(2)10)6-11(3,4)9/h7-8,10H,5-6H2,1-4H3. The molecule has 0 heterocycles. The van der Waals surface area contributed by atoms with E-state index in [0.717, 1.165) is 6.42 Å². The predicted molar refractivity (Wildman–Crippen MR) is 61.8 cm³/mol. The van der Waals surface area contributed by atoms with E-state index in [2.05, 4.69) is 38.9 Å². The van der Waals surface area contributed by atoms with Crippen molar-refractivity contribution in [2.75, 3.05) is 0 Å². The Kier molecular flexibility index (Phi) is 5.61. The van der Waals surface area contributed by atoms with E-state index >= 15 is 0 Å². The van der Waals surface area contributed by atoms with Crippen molar-refractivity contribution < 1.29 is 5.11 Å². The first kappa shape index (κ1) is 12.2. The third-order valence-electron chi connectivity index (χ3n) is 1.42. The number of hydrogen-bond acceptors (Lipinski definition) is 1. The fourth-order valence-corrected chi connectivity index (χ4v) is 7.64. The number of aliphatic hydroxyl groups excluding tert-OH is 1.